The molecule has 0 aliphatic rings. The van der Waals surface area contributed by atoms with Crippen LogP contribution in [-0.4, -0.2) is 39.5 Å². The number of phenols is 1. The molecular formula is C21H22O6. The van der Waals surface area contributed by atoms with Crippen molar-refractivity contribution in [1.82, 2.24) is 0 Å². The van der Waals surface area contributed by atoms with Gasteiger partial charge in [-0.15, -0.1) is 0 Å². The summed E-state index contributed by atoms with van der Waals surface area (Å²) in [7, 11) is 5.63. The van der Waals surface area contributed by atoms with Gasteiger partial charge in [0, 0.05) is 11.1 Å². The molecule has 6 nitrogen and oxygen atoms in total. The first-order valence-corrected chi connectivity index (χ1v) is 8.00. The fourth-order valence-corrected chi connectivity index (χ4v) is 2.86. The molecule has 0 unspecified atom stereocenters. The number of methoxy groups -OCH3 is 4. The topological polar surface area (TPSA) is 74.2 Å². The minimum absolute atomic E-state index is 0.132. The van der Waals surface area contributed by atoms with Crippen LogP contribution in [0.15, 0.2) is 37.4 Å². The highest BCUT2D eigenvalue weighted by atomic mass is 16.5. The molecule has 6 heteroatoms. The first kappa shape index (κ1) is 19.9. The van der Waals surface area contributed by atoms with Crippen LogP contribution < -0.4 is 14.2 Å². The van der Waals surface area contributed by atoms with E-state index in [0.717, 1.165) is 0 Å². The molecule has 0 aliphatic carbocycles. The van der Waals surface area contributed by atoms with E-state index in [0.29, 0.717) is 28.0 Å². The zero-order valence-corrected chi connectivity index (χ0v) is 15.8. The molecule has 0 radical (unpaired) electrons. The van der Waals surface area contributed by atoms with E-state index in [1.54, 1.807) is 24.3 Å². The average molecular weight is 370 g/mol. The lowest BCUT2D eigenvalue weighted by Crippen LogP contribution is -2.03. The number of esters is 1. The van der Waals surface area contributed by atoms with Crippen LogP contribution in [-0.2, 0) is 9.53 Å². The monoisotopic (exact) mass is 370 g/mol. The smallest absolute Gasteiger partial charge is 0.337 e. The molecule has 2 aromatic rings. The fraction of sp³-hybridized carbons (Fsp3) is 0.190. The molecule has 0 spiro atoms. The largest absolute Gasteiger partial charge is 0.502 e. The quantitative estimate of drug-likeness (QED) is 0.588. The van der Waals surface area contributed by atoms with Gasteiger partial charge in [-0.1, -0.05) is 37.4 Å². The molecular weight excluding hydrogens is 348 g/mol. The van der Waals surface area contributed by atoms with Crippen molar-refractivity contribution in [3.05, 3.63) is 48.6 Å². The van der Waals surface area contributed by atoms with Crippen molar-refractivity contribution >= 4 is 17.6 Å². The third-order valence-electron chi connectivity index (χ3n) is 4.13. The van der Waals surface area contributed by atoms with E-state index in [9.17, 15) is 9.90 Å². The Morgan fingerprint density at radius 2 is 1.67 bits per heavy atom. The van der Waals surface area contributed by atoms with Crippen LogP contribution in [0.2, 0.25) is 0 Å². The zero-order valence-electron chi connectivity index (χ0n) is 15.8. The van der Waals surface area contributed by atoms with Gasteiger partial charge in [0.05, 0.1) is 34.0 Å². The van der Waals surface area contributed by atoms with Gasteiger partial charge in [-0.2, -0.15) is 0 Å². The number of carbonyl (C=O) groups is 1. The number of hydrogen-bond acceptors (Lipinski definition) is 6. The minimum Gasteiger partial charge on any atom is -0.502 e. The fourth-order valence-electron chi connectivity index (χ4n) is 2.86. The summed E-state index contributed by atoms with van der Waals surface area (Å²) in [5.41, 5.74) is 2.62. The van der Waals surface area contributed by atoms with E-state index in [4.69, 9.17) is 18.9 Å². The number of carbonyl (C=O) groups excluding carboxylic acids is 1. The lowest BCUT2D eigenvalue weighted by molar-refractivity contribution is -0.133. The number of benzene rings is 2. The highest BCUT2D eigenvalue weighted by Gasteiger charge is 2.26. The van der Waals surface area contributed by atoms with Gasteiger partial charge < -0.3 is 24.1 Å². The lowest BCUT2D eigenvalue weighted by Gasteiger charge is -2.20. The molecule has 0 atom stereocenters. The molecule has 0 aromatic heterocycles. The van der Waals surface area contributed by atoms with Crippen LogP contribution in [0.4, 0.5) is 0 Å². The molecule has 0 amide bonds. The first-order valence-electron chi connectivity index (χ1n) is 8.00. The summed E-state index contributed by atoms with van der Waals surface area (Å²) in [6.07, 6.45) is 1.55. The number of rotatable bonds is 7. The maximum atomic E-state index is 11.8. The number of ether oxygens (including phenoxy) is 4. The first-order chi connectivity index (χ1) is 12.9. The minimum atomic E-state index is -0.524. The Labute approximate surface area is 158 Å². The van der Waals surface area contributed by atoms with Crippen LogP contribution in [0, 0.1) is 0 Å². The summed E-state index contributed by atoms with van der Waals surface area (Å²) in [6, 6.07) is 7.11. The summed E-state index contributed by atoms with van der Waals surface area (Å²) < 4.78 is 20.9. The van der Waals surface area contributed by atoms with Crippen LogP contribution in [0.25, 0.3) is 22.8 Å². The highest BCUT2D eigenvalue weighted by molar-refractivity contribution is 6.15. The van der Waals surface area contributed by atoms with Crippen molar-refractivity contribution in [2.45, 2.75) is 0 Å². The normalized spacial score (nSPS) is 10.1. The van der Waals surface area contributed by atoms with Crippen molar-refractivity contribution < 1.29 is 28.8 Å². The van der Waals surface area contributed by atoms with Crippen LogP contribution in [0.5, 0.6) is 23.0 Å². The van der Waals surface area contributed by atoms with E-state index in [1.807, 2.05) is 6.07 Å². The van der Waals surface area contributed by atoms with Gasteiger partial charge in [0.25, 0.3) is 0 Å². The van der Waals surface area contributed by atoms with Crippen LogP contribution in [0.3, 0.4) is 0 Å². The van der Waals surface area contributed by atoms with Gasteiger partial charge in [0.2, 0.25) is 11.5 Å². The van der Waals surface area contributed by atoms with E-state index in [1.165, 1.54) is 28.4 Å². The average Bonchev–Trinajstić information content (AvgIpc) is 2.71. The summed E-state index contributed by atoms with van der Waals surface area (Å²) in [6.45, 7) is 7.60. The Morgan fingerprint density at radius 1 is 1.04 bits per heavy atom. The molecule has 0 saturated heterocycles. The predicted molar refractivity (Wildman–Crippen MR) is 104 cm³/mol. The summed E-state index contributed by atoms with van der Waals surface area (Å²) >= 11 is 0. The molecule has 0 aliphatic heterocycles. The van der Waals surface area contributed by atoms with E-state index >= 15 is 0 Å². The Bertz CT molecular complexity index is 898. The van der Waals surface area contributed by atoms with E-state index < -0.39 is 5.97 Å². The van der Waals surface area contributed by atoms with Crippen molar-refractivity contribution in [3.63, 3.8) is 0 Å². The Morgan fingerprint density at radius 3 is 2.19 bits per heavy atom. The van der Waals surface area contributed by atoms with Crippen molar-refractivity contribution in [1.29, 1.82) is 0 Å². The lowest BCUT2D eigenvalue weighted by atomic mass is 9.93. The second-order valence-corrected chi connectivity index (χ2v) is 5.49. The summed E-state index contributed by atoms with van der Waals surface area (Å²) in [4.78, 5) is 11.8. The second kappa shape index (κ2) is 8.31. The van der Waals surface area contributed by atoms with Gasteiger partial charge in [-0.05, 0) is 17.2 Å². The second-order valence-electron chi connectivity index (χ2n) is 5.49. The van der Waals surface area contributed by atoms with Crippen LogP contribution >= 0.6 is 0 Å². The molecule has 2 aromatic carbocycles. The number of hydrogen-bond donors (Lipinski definition) is 1. The highest BCUT2D eigenvalue weighted by Crippen LogP contribution is 2.53. The molecule has 2 rings (SSSR count). The molecule has 27 heavy (non-hydrogen) atoms. The maximum Gasteiger partial charge on any atom is 0.337 e. The third kappa shape index (κ3) is 3.46. The standard InChI is InChI=1S/C21H22O6/c1-7-15-16(19(25-4)20(26-5)17(22)18(15)24-3)14-10-8-9-13(11-14)12(2)21(23)27-6/h7-11,22H,1-2H2,3-6H3. The maximum absolute atomic E-state index is 11.8. The summed E-state index contributed by atoms with van der Waals surface area (Å²) in [5, 5.41) is 10.5. The van der Waals surface area contributed by atoms with Gasteiger partial charge in [0.15, 0.2) is 11.5 Å². The summed E-state index contributed by atoms with van der Waals surface area (Å²) in [5.74, 6) is -0.0666. The van der Waals surface area contributed by atoms with Gasteiger partial charge in [-0.3, -0.25) is 0 Å². The Kier molecular flexibility index (Phi) is 6.13. The van der Waals surface area contributed by atoms with Crippen LogP contribution in [0.1, 0.15) is 11.1 Å². The van der Waals surface area contributed by atoms with Crippen molar-refractivity contribution in [2.75, 3.05) is 28.4 Å². The molecule has 0 saturated carbocycles. The van der Waals surface area contributed by atoms with Gasteiger partial charge >= 0.3 is 5.97 Å². The SMILES string of the molecule is C=Cc1c(OC)c(O)c(OC)c(OC)c1-c1cccc(C(=C)C(=O)OC)c1. The molecule has 0 fully saturated rings. The van der Waals surface area contributed by atoms with E-state index in [2.05, 4.69) is 13.2 Å². The third-order valence-corrected chi connectivity index (χ3v) is 4.13. The molecule has 0 heterocycles. The molecule has 1 N–H and O–H groups in total. The van der Waals surface area contributed by atoms with Crippen molar-refractivity contribution in [2.24, 2.45) is 0 Å². The Hall–Kier alpha value is -3.41. The van der Waals surface area contributed by atoms with E-state index in [-0.39, 0.29) is 22.8 Å². The van der Waals surface area contributed by atoms with Crippen molar-refractivity contribution in [3.8, 4) is 34.1 Å². The number of aromatic hydroxyl groups is 1. The predicted octanol–water partition coefficient (Wildman–Crippen LogP) is 3.91. The zero-order chi connectivity index (χ0) is 20.1. The molecule has 142 valence electrons. The molecule has 0 bridgehead atoms. The number of phenolic OH excluding ortho intramolecular Hbond substituents is 1. The Balaban J connectivity index is 2.84. The van der Waals surface area contributed by atoms with Gasteiger partial charge in [-0.25, -0.2) is 4.79 Å². The van der Waals surface area contributed by atoms with Gasteiger partial charge in [0.1, 0.15) is 0 Å².